The average molecular weight is 222 g/mol. The number of rotatable bonds is 3. The van der Waals surface area contributed by atoms with Crippen molar-refractivity contribution in [3.63, 3.8) is 0 Å². The lowest BCUT2D eigenvalue weighted by atomic mass is 9.89. The maximum absolute atomic E-state index is 12.2. The molecule has 0 unspecified atom stereocenters. The Morgan fingerprint density at radius 3 is 2.27 bits per heavy atom. The van der Waals surface area contributed by atoms with Gasteiger partial charge in [-0.25, -0.2) is 0 Å². The Bertz CT molecular complexity index is 326. The van der Waals surface area contributed by atoms with Crippen molar-refractivity contribution in [3.8, 4) is 0 Å². The molecular weight excluding hydrogens is 209 g/mol. The Balaban J connectivity index is 2.78. The lowest BCUT2D eigenvalue weighted by Crippen LogP contribution is -2.19. The summed E-state index contributed by atoms with van der Waals surface area (Å²) in [4.78, 5) is 0. The van der Waals surface area contributed by atoms with Gasteiger partial charge in [-0.1, -0.05) is 13.8 Å². The van der Waals surface area contributed by atoms with Gasteiger partial charge < -0.3 is 9.52 Å². The van der Waals surface area contributed by atoms with Crippen LogP contribution in [0.4, 0.5) is 13.2 Å². The summed E-state index contributed by atoms with van der Waals surface area (Å²) < 4.78 is 41.2. The van der Waals surface area contributed by atoms with Gasteiger partial charge in [0.25, 0.3) is 0 Å². The molecule has 2 nitrogen and oxygen atoms in total. The third kappa shape index (κ3) is 3.27. The van der Waals surface area contributed by atoms with Crippen LogP contribution in [0.2, 0.25) is 0 Å². The third-order valence-electron chi connectivity index (χ3n) is 2.02. The normalized spacial score (nSPS) is 13.2. The molecule has 1 rings (SSSR count). The number of hydrogen-bond acceptors (Lipinski definition) is 2. The Kier molecular flexibility index (Phi) is 3.13. The van der Waals surface area contributed by atoms with Crippen molar-refractivity contribution in [1.82, 2.24) is 0 Å². The van der Waals surface area contributed by atoms with Crippen molar-refractivity contribution < 1.29 is 22.7 Å². The molecule has 1 N–H and O–H groups in total. The zero-order valence-electron chi connectivity index (χ0n) is 8.56. The summed E-state index contributed by atoms with van der Waals surface area (Å²) in [7, 11) is 0. The molecule has 15 heavy (non-hydrogen) atoms. The van der Waals surface area contributed by atoms with Gasteiger partial charge in [-0.2, -0.15) is 13.2 Å². The maximum atomic E-state index is 12.2. The van der Waals surface area contributed by atoms with Gasteiger partial charge in [0, 0.05) is 13.0 Å². The molecule has 0 spiro atoms. The largest absolute Gasteiger partial charge is 0.456 e. The van der Waals surface area contributed by atoms with E-state index >= 15 is 0 Å². The Morgan fingerprint density at radius 2 is 1.87 bits per heavy atom. The predicted molar refractivity (Wildman–Crippen MR) is 48.3 cm³/mol. The van der Waals surface area contributed by atoms with Crippen LogP contribution in [0.1, 0.15) is 25.4 Å². The highest BCUT2D eigenvalue weighted by Gasteiger charge is 2.35. The minimum Gasteiger partial charge on any atom is -0.456 e. The van der Waals surface area contributed by atoms with Crippen LogP contribution in [0, 0.1) is 5.41 Å². The van der Waals surface area contributed by atoms with Gasteiger partial charge in [0.15, 0.2) is 0 Å². The summed E-state index contributed by atoms with van der Waals surface area (Å²) in [6.07, 6.45) is -4.17. The van der Waals surface area contributed by atoms with E-state index in [0.29, 0.717) is 0 Å². The van der Waals surface area contributed by atoms with Crippen molar-refractivity contribution in [1.29, 1.82) is 0 Å². The minimum atomic E-state index is -4.44. The van der Waals surface area contributed by atoms with Gasteiger partial charge in [0.2, 0.25) is 5.76 Å². The second-order valence-corrected chi connectivity index (χ2v) is 4.26. The summed E-state index contributed by atoms with van der Waals surface area (Å²) in [5, 5.41) is 8.96. The fourth-order valence-corrected chi connectivity index (χ4v) is 1.15. The summed E-state index contributed by atoms with van der Waals surface area (Å²) in [6.45, 7) is 3.40. The summed E-state index contributed by atoms with van der Waals surface area (Å²) >= 11 is 0. The fraction of sp³-hybridized carbons (Fsp3) is 0.600. The zero-order chi connectivity index (χ0) is 11.7. The van der Waals surface area contributed by atoms with E-state index < -0.39 is 17.4 Å². The van der Waals surface area contributed by atoms with Gasteiger partial charge in [-0.05, 0) is 17.5 Å². The lowest BCUT2D eigenvalue weighted by Gasteiger charge is -2.19. The van der Waals surface area contributed by atoms with Crippen molar-refractivity contribution >= 4 is 0 Å². The van der Waals surface area contributed by atoms with Crippen LogP contribution in [0.15, 0.2) is 16.5 Å². The van der Waals surface area contributed by atoms with E-state index in [0.717, 1.165) is 6.07 Å². The van der Waals surface area contributed by atoms with E-state index in [1.165, 1.54) is 6.07 Å². The smallest absolute Gasteiger partial charge is 0.449 e. The Hall–Kier alpha value is -0.970. The first-order chi connectivity index (χ1) is 6.74. The van der Waals surface area contributed by atoms with Crippen molar-refractivity contribution in [2.24, 2.45) is 5.41 Å². The number of aliphatic hydroxyl groups is 1. The molecular formula is C10H13F3O2. The van der Waals surface area contributed by atoms with E-state index in [-0.39, 0.29) is 18.8 Å². The summed E-state index contributed by atoms with van der Waals surface area (Å²) in [5.74, 6) is -0.757. The molecule has 0 saturated heterocycles. The number of halogens is 3. The number of hydrogen-bond donors (Lipinski definition) is 1. The van der Waals surface area contributed by atoms with E-state index in [9.17, 15) is 13.2 Å². The minimum absolute atomic E-state index is 0.102. The van der Waals surface area contributed by atoms with Crippen LogP contribution in [0.5, 0.6) is 0 Å². The van der Waals surface area contributed by atoms with Gasteiger partial charge in [-0.15, -0.1) is 0 Å². The van der Waals surface area contributed by atoms with Crippen LogP contribution < -0.4 is 0 Å². The molecule has 1 aromatic rings. The molecule has 0 aliphatic carbocycles. The first-order valence-electron chi connectivity index (χ1n) is 4.51. The second kappa shape index (κ2) is 3.89. The van der Waals surface area contributed by atoms with E-state index in [2.05, 4.69) is 4.42 Å². The molecule has 0 amide bonds. The van der Waals surface area contributed by atoms with Crippen LogP contribution in [-0.4, -0.2) is 11.7 Å². The molecule has 1 aromatic heterocycles. The molecule has 0 atom stereocenters. The number of furan rings is 1. The predicted octanol–water partition coefficient (Wildman–Crippen LogP) is 2.86. The SMILES string of the molecule is CC(C)(CO)Cc1ccc(C(F)(F)F)o1. The van der Waals surface area contributed by atoms with Gasteiger partial charge >= 0.3 is 6.18 Å². The molecule has 0 radical (unpaired) electrons. The molecule has 86 valence electrons. The molecule has 0 bridgehead atoms. The van der Waals surface area contributed by atoms with Crippen LogP contribution in [0.25, 0.3) is 0 Å². The molecule has 1 heterocycles. The number of aliphatic hydroxyl groups excluding tert-OH is 1. The molecule has 0 fully saturated rings. The maximum Gasteiger partial charge on any atom is 0.449 e. The van der Waals surface area contributed by atoms with Crippen molar-refractivity contribution in [2.45, 2.75) is 26.4 Å². The first kappa shape index (κ1) is 12.1. The fourth-order valence-electron chi connectivity index (χ4n) is 1.15. The molecule has 0 saturated carbocycles. The van der Waals surface area contributed by atoms with Crippen LogP contribution >= 0.6 is 0 Å². The van der Waals surface area contributed by atoms with Crippen LogP contribution in [-0.2, 0) is 12.6 Å². The summed E-state index contributed by atoms with van der Waals surface area (Å²) in [5.41, 5.74) is -0.472. The molecule has 0 aromatic carbocycles. The lowest BCUT2D eigenvalue weighted by molar-refractivity contribution is -0.153. The zero-order valence-corrected chi connectivity index (χ0v) is 8.56. The first-order valence-corrected chi connectivity index (χ1v) is 4.51. The third-order valence-corrected chi connectivity index (χ3v) is 2.02. The van der Waals surface area contributed by atoms with Crippen molar-refractivity contribution in [2.75, 3.05) is 6.61 Å². The number of alkyl halides is 3. The molecule has 5 heteroatoms. The van der Waals surface area contributed by atoms with Gasteiger partial charge in [0.1, 0.15) is 5.76 Å². The highest BCUT2D eigenvalue weighted by atomic mass is 19.4. The molecule has 0 aliphatic heterocycles. The standard InChI is InChI=1S/C10H13F3O2/c1-9(2,6-14)5-7-3-4-8(15-7)10(11,12)13/h3-4,14H,5-6H2,1-2H3. The Labute approximate surface area is 85.7 Å². The second-order valence-electron chi connectivity index (χ2n) is 4.26. The summed E-state index contributed by atoms with van der Waals surface area (Å²) in [6, 6.07) is 2.20. The van der Waals surface area contributed by atoms with Gasteiger partial charge in [-0.3, -0.25) is 0 Å². The highest BCUT2D eigenvalue weighted by Crippen LogP contribution is 2.32. The monoisotopic (exact) mass is 222 g/mol. The van der Waals surface area contributed by atoms with E-state index in [1.54, 1.807) is 13.8 Å². The highest BCUT2D eigenvalue weighted by molar-refractivity contribution is 5.11. The van der Waals surface area contributed by atoms with Gasteiger partial charge in [0.05, 0.1) is 0 Å². The van der Waals surface area contributed by atoms with E-state index in [1.807, 2.05) is 0 Å². The molecule has 0 aliphatic rings. The van der Waals surface area contributed by atoms with Crippen LogP contribution in [0.3, 0.4) is 0 Å². The topological polar surface area (TPSA) is 33.4 Å². The quantitative estimate of drug-likeness (QED) is 0.853. The van der Waals surface area contributed by atoms with E-state index in [4.69, 9.17) is 5.11 Å². The Morgan fingerprint density at radius 1 is 1.27 bits per heavy atom. The van der Waals surface area contributed by atoms with Crippen molar-refractivity contribution in [3.05, 3.63) is 23.7 Å². The average Bonchev–Trinajstić information content (AvgIpc) is 2.51.